The van der Waals surface area contributed by atoms with Gasteiger partial charge in [0.05, 0.1) is 12.8 Å². The number of halogens is 6. The van der Waals surface area contributed by atoms with Crippen LogP contribution in [-0.2, 0) is 4.57 Å². The highest BCUT2D eigenvalue weighted by Crippen LogP contribution is 2.59. The Bertz CT molecular complexity index is 311. The Morgan fingerprint density at radius 3 is 1.41 bits per heavy atom. The molecule has 0 aliphatic heterocycles. The smallest absolute Gasteiger partial charge is 0.324 e. The second-order valence-corrected chi connectivity index (χ2v) is 5.41. The molecule has 0 aliphatic carbocycles. The Morgan fingerprint density at radius 1 is 1.00 bits per heavy atom. The Hall–Kier alpha value is -0.530. The van der Waals surface area contributed by atoms with Gasteiger partial charge in [-0.25, -0.2) is 0 Å². The molecule has 0 spiro atoms. The topological polar surface area (TPSA) is 57.5 Å². The van der Waals surface area contributed by atoms with Crippen molar-refractivity contribution in [2.75, 3.05) is 0 Å². The summed E-state index contributed by atoms with van der Waals surface area (Å²) in [6.07, 6.45) is -14.9. The number of hydrogen-bond acceptors (Lipinski definition) is 1. The maximum Gasteiger partial charge on any atom is 0.390 e. The van der Waals surface area contributed by atoms with Crippen molar-refractivity contribution in [3.05, 3.63) is 12.7 Å². The highest BCUT2D eigenvalue weighted by Gasteiger charge is 2.56. The van der Waals surface area contributed by atoms with Crippen LogP contribution < -0.4 is 0 Å². The van der Waals surface area contributed by atoms with Gasteiger partial charge in [0.2, 0.25) is 0 Å². The van der Waals surface area contributed by atoms with E-state index >= 15 is 0 Å². The fourth-order valence-corrected chi connectivity index (χ4v) is 2.23. The lowest BCUT2D eigenvalue weighted by molar-refractivity contribution is -0.164. The molecule has 0 aromatic rings. The third kappa shape index (κ3) is 5.10. The maximum absolute atomic E-state index is 12.1. The van der Waals surface area contributed by atoms with Crippen molar-refractivity contribution in [1.82, 2.24) is 0 Å². The highest BCUT2D eigenvalue weighted by molar-refractivity contribution is 7.53. The number of rotatable bonds is 4. The van der Waals surface area contributed by atoms with Gasteiger partial charge in [0.1, 0.15) is 5.16 Å². The average Bonchev–Trinajstić information content (AvgIpc) is 1.95. The molecule has 0 aliphatic rings. The van der Waals surface area contributed by atoms with Crippen LogP contribution in [0.2, 0.25) is 0 Å². The van der Waals surface area contributed by atoms with Gasteiger partial charge in [-0.15, -0.1) is 6.58 Å². The van der Waals surface area contributed by atoms with Gasteiger partial charge in [0.25, 0.3) is 0 Å². The van der Waals surface area contributed by atoms with Crippen LogP contribution in [-0.4, -0.2) is 27.3 Å². The first-order valence-electron chi connectivity index (χ1n) is 4.05. The molecule has 0 atom stereocenters. The summed E-state index contributed by atoms with van der Waals surface area (Å²) in [5.74, 6) is 0. The third-order valence-corrected chi connectivity index (χ3v) is 3.63. The van der Waals surface area contributed by atoms with E-state index < -0.39 is 37.9 Å². The van der Waals surface area contributed by atoms with E-state index in [-0.39, 0.29) is 6.08 Å². The number of alkyl halides is 6. The Labute approximate surface area is 92.3 Å². The SMILES string of the molecule is C=CC(CC(F)(F)F)(CC(F)(F)F)P(=O)(O)O. The fourth-order valence-electron chi connectivity index (χ4n) is 1.23. The summed E-state index contributed by atoms with van der Waals surface area (Å²) in [5.41, 5.74) is 0. The first-order valence-corrected chi connectivity index (χ1v) is 5.66. The van der Waals surface area contributed by atoms with Crippen LogP contribution in [0.3, 0.4) is 0 Å². The van der Waals surface area contributed by atoms with Crippen molar-refractivity contribution in [3.63, 3.8) is 0 Å². The van der Waals surface area contributed by atoms with E-state index in [0.29, 0.717) is 0 Å². The molecule has 0 rings (SSSR count). The van der Waals surface area contributed by atoms with Gasteiger partial charge in [0, 0.05) is 0 Å². The molecule has 0 unspecified atom stereocenters. The summed E-state index contributed by atoms with van der Waals surface area (Å²) >= 11 is 0. The minimum absolute atomic E-state index is 0.0226. The standard InChI is InChI=1S/C7H9F6O3P/c1-2-5(17(14,15)16,3-6(8,9)10)4-7(11,12)13/h2H,1,3-4H2,(H2,14,15,16). The van der Waals surface area contributed by atoms with Crippen LogP contribution in [0.5, 0.6) is 0 Å². The predicted molar refractivity (Wildman–Crippen MR) is 46.3 cm³/mol. The fraction of sp³-hybridized carbons (Fsp3) is 0.714. The Kier molecular flexibility index (Phi) is 4.48. The molecule has 0 amide bonds. The summed E-state index contributed by atoms with van der Waals surface area (Å²) in [6.45, 7) is 2.68. The van der Waals surface area contributed by atoms with Crippen molar-refractivity contribution in [3.8, 4) is 0 Å². The number of hydrogen-bond donors (Lipinski definition) is 2. The molecule has 102 valence electrons. The zero-order valence-corrected chi connectivity index (χ0v) is 9.11. The van der Waals surface area contributed by atoms with Gasteiger partial charge >= 0.3 is 19.9 Å². The van der Waals surface area contributed by atoms with Gasteiger partial charge < -0.3 is 9.79 Å². The molecular formula is C7H9F6O3P. The Morgan fingerprint density at radius 2 is 1.29 bits per heavy atom. The van der Waals surface area contributed by atoms with Crippen LogP contribution in [0.1, 0.15) is 12.8 Å². The van der Waals surface area contributed by atoms with E-state index in [1.54, 1.807) is 0 Å². The molecule has 10 heteroatoms. The molecule has 0 radical (unpaired) electrons. The van der Waals surface area contributed by atoms with Gasteiger partial charge in [0.15, 0.2) is 0 Å². The predicted octanol–water partition coefficient (Wildman–Crippen LogP) is 2.99. The molecule has 17 heavy (non-hydrogen) atoms. The van der Waals surface area contributed by atoms with Crippen molar-refractivity contribution in [2.45, 2.75) is 30.4 Å². The molecular weight excluding hydrogens is 277 g/mol. The summed E-state index contributed by atoms with van der Waals surface area (Å²) < 4.78 is 83.4. The lowest BCUT2D eigenvalue weighted by atomic mass is 9.99. The first kappa shape index (κ1) is 16.5. The monoisotopic (exact) mass is 286 g/mol. The van der Waals surface area contributed by atoms with Crippen molar-refractivity contribution < 1.29 is 40.7 Å². The lowest BCUT2D eigenvalue weighted by Gasteiger charge is -2.32. The van der Waals surface area contributed by atoms with Crippen LogP contribution in [0, 0.1) is 0 Å². The average molecular weight is 286 g/mol. The zero-order valence-electron chi connectivity index (χ0n) is 8.22. The van der Waals surface area contributed by atoms with Gasteiger partial charge in [-0.3, -0.25) is 4.57 Å². The van der Waals surface area contributed by atoms with E-state index in [1.165, 1.54) is 0 Å². The van der Waals surface area contributed by atoms with Gasteiger partial charge in [-0.2, -0.15) is 26.3 Å². The van der Waals surface area contributed by atoms with Crippen LogP contribution in [0.15, 0.2) is 12.7 Å². The summed E-state index contributed by atoms with van der Waals surface area (Å²) in [7, 11) is -5.66. The molecule has 0 fully saturated rings. The quantitative estimate of drug-likeness (QED) is 0.474. The van der Waals surface area contributed by atoms with Crippen LogP contribution in [0.25, 0.3) is 0 Å². The lowest BCUT2D eigenvalue weighted by Crippen LogP contribution is -2.37. The zero-order chi connectivity index (χ0) is 14.1. The van der Waals surface area contributed by atoms with Gasteiger partial charge in [-0.1, -0.05) is 6.08 Å². The summed E-state index contributed by atoms with van der Waals surface area (Å²) in [4.78, 5) is 17.4. The van der Waals surface area contributed by atoms with Crippen LogP contribution >= 0.6 is 7.60 Å². The van der Waals surface area contributed by atoms with E-state index in [1.807, 2.05) is 0 Å². The second kappa shape index (κ2) is 4.62. The molecule has 0 bridgehead atoms. The normalized spacial score (nSPS) is 14.8. The maximum atomic E-state index is 12.1. The van der Waals surface area contributed by atoms with E-state index in [0.717, 1.165) is 0 Å². The minimum Gasteiger partial charge on any atom is -0.324 e. The summed E-state index contributed by atoms with van der Waals surface area (Å²) in [6, 6.07) is 0. The highest BCUT2D eigenvalue weighted by atomic mass is 31.2. The van der Waals surface area contributed by atoms with Crippen molar-refractivity contribution in [1.29, 1.82) is 0 Å². The second-order valence-electron chi connectivity index (χ2n) is 3.44. The van der Waals surface area contributed by atoms with E-state index in [2.05, 4.69) is 6.58 Å². The number of allylic oxidation sites excluding steroid dienone is 1. The summed E-state index contributed by atoms with van der Waals surface area (Å²) in [5, 5.41) is -3.37. The molecule has 0 heterocycles. The minimum atomic E-state index is -5.66. The molecule has 0 aromatic heterocycles. The Balaban J connectivity index is 5.49. The molecule has 0 saturated heterocycles. The molecule has 2 N–H and O–H groups in total. The first-order chi connectivity index (χ1) is 7.22. The van der Waals surface area contributed by atoms with Crippen LogP contribution in [0.4, 0.5) is 26.3 Å². The molecule has 0 saturated carbocycles. The van der Waals surface area contributed by atoms with Gasteiger partial charge in [-0.05, 0) is 0 Å². The van der Waals surface area contributed by atoms with E-state index in [4.69, 9.17) is 9.79 Å². The van der Waals surface area contributed by atoms with Crippen molar-refractivity contribution >= 4 is 7.60 Å². The van der Waals surface area contributed by atoms with E-state index in [9.17, 15) is 30.9 Å². The van der Waals surface area contributed by atoms with Crippen molar-refractivity contribution in [2.24, 2.45) is 0 Å². The largest absolute Gasteiger partial charge is 0.390 e. The molecule has 3 nitrogen and oxygen atoms in total. The molecule has 0 aromatic carbocycles. The third-order valence-electron chi connectivity index (χ3n) is 1.97.